The number of benzene rings is 1. The SMILES string of the molecule is Cc1ccc([C@H]2SCC(=O)N2Cc2cccnc2)cc1. The van der Waals surface area contributed by atoms with Gasteiger partial charge in [0.15, 0.2) is 0 Å². The maximum atomic E-state index is 12.1. The van der Waals surface area contributed by atoms with Crippen LogP contribution in [0.5, 0.6) is 0 Å². The van der Waals surface area contributed by atoms with E-state index in [-0.39, 0.29) is 11.3 Å². The van der Waals surface area contributed by atoms with Crippen molar-refractivity contribution in [2.24, 2.45) is 0 Å². The second kappa shape index (κ2) is 5.67. The molecule has 0 radical (unpaired) electrons. The summed E-state index contributed by atoms with van der Waals surface area (Å²) in [6.07, 6.45) is 3.57. The Kier molecular flexibility index (Phi) is 3.74. The highest BCUT2D eigenvalue weighted by atomic mass is 32.2. The van der Waals surface area contributed by atoms with Crippen LogP contribution < -0.4 is 0 Å². The summed E-state index contributed by atoms with van der Waals surface area (Å²) in [6, 6.07) is 12.3. The van der Waals surface area contributed by atoms with Crippen molar-refractivity contribution < 1.29 is 4.79 Å². The molecule has 20 heavy (non-hydrogen) atoms. The molecular weight excluding hydrogens is 268 g/mol. The molecule has 1 saturated heterocycles. The number of rotatable bonds is 3. The molecule has 3 rings (SSSR count). The average molecular weight is 284 g/mol. The van der Waals surface area contributed by atoms with Gasteiger partial charge in [-0.25, -0.2) is 0 Å². The fourth-order valence-electron chi connectivity index (χ4n) is 2.32. The lowest BCUT2D eigenvalue weighted by molar-refractivity contribution is -0.128. The lowest BCUT2D eigenvalue weighted by Gasteiger charge is -2.24. The number of aryl methyl sites for hydroxylation is 1. The molecule has 1 aromatic carbocycles. The number of aromatic nitrogens is 1. The number of thioether (sulfide) groups is 1. The monoisotopic (exact) mass is 284 g/mol. The molecule has 4 heteroatoms. The third kappa shape index (κ3) is 2.70. The molecule has 0 unspecified atom stereocenters. The molecule has 2 heterocycles. The van der Waals surface area contributed by atoms with Crippen LogP contribution in [0.15, 0.2) is 48.8 Å². The lowest BCUT2D eigenvalue weighted by atomic mass is 10.1. The molecule has 1 fully saturated rings. The Morgan fingerprint density at radius 1 is 1.30 bits per heavy atom. The summed E-state index contributed by atoms with van der Waals surface area (Å²) >= 11 is 1.69. The zero-order chi connectivity index (χ0) is 13.9. The van der Waals surface area contributed by atoms with E-state index in [0.717, 1.165) is 5.56 Å². The Bertz CT molecular complexity index is 598. The summed E-state index contributed by atoms with van der Waals surface area (Å²) < 4.78 is 0. The first-order valence-electron chi connectivity index (χ1n) is 6.60. The highest BCUT2D eigenvalue weighted by Crippen LogP contribution is 2.39. The van der Waals surface area contributed by atoms with E-state index in [4.69, 9.17) is 0 Å². The van der Waals surface area contributed by atoms with Crippen LogP contribution in [-0.4, -0.2) is 21.5 Å². The predicted octanol–water partition coefficient (Wildman–Crippen LogP) is 3.16. The highest BCUT2D eigenvalue weighted by molar-refractivity contribution is 8.00. The van der Waals surface area contributed by atoms with Gasteiger partial charge in [0.2, 0.25) is 5.91 Å². The summed E-state index contributed by atoms with van der Waals surface area (Å²) in [7, 11) is 0. The minimum atomic E-state index is 0.114. The summed E-state index contributed by atoms with van der Waals surface area (Å²) in [5.41, 5.74) is 3.50. The fraction of sp³-hybridized carbons (Fsp3) is 0.250. The standard InChI is InChI=1S/C16H16N2OS/c1-12-4-6-14(7-5-12)16-18(15(19)11-20-16)10-13-3-2-8-17-9-13/h2-9,16H,10-11H2,1H3/t16-/m1/s1. The normalized spacial score (nSPS) is 18.6. The summed E-state index contributed by atoms with van der Waals surface area (Å²) in [4.78, 5) is 18.2. The first-order valence-corrected chi connectivity index (χ1v) is 7.65. The molecule has 1 amide bonds. The van der Waals surface area contributed by atoms with E-state index >= 15 is 0 Å². The molecule has 3 nitrogen and oxygen atoms in total. The van der Waals surface area contributed by atoms with Crippen molar-refractivity contribution in [3.05, 3.63) is 65.5 Å². The van der Waals surface area contributed by atoms with Crippen molar-refractivity contribution in [3.63, 3.8) is 0 Å². The van der Waals surface area contributed by atoms with Crippen molar-refractivity contribution in [3.8, 4) is 0 Å². The molecule has 1 atom stereocenters. The van der Waals surface area contributed by atoms with Gasteiger partial charge in [0.1, 0.15) is 5.37 Å². The van der Waals surface area contributed by atoms with Crippen molar-refractivity contribution in [1.82, 2.24) is 9.88 Å². The van der Waals surface area contributed by atoms with Gasteiger partial charge >= 0.3 is 0 Å². The largest absolute Gasteiger partial charge is 0.321 e. The van der Waals surface area contributed by atoms with Gasteiger partial charge in [-0.2, -0.15) is 0 Å². The first kappa shape index (κ1) is 13.2. The van der Waals surface area contributed by atoms with Crippen LogP contribution in [0.1, 0.15) is 22.1 Å². The van der Waals surface area contributed by atoms with E-state index in [1.54, 1.807) is 18.0 Å². The Hall–Kier alpha value is -1.81. The quantitative estimate of drug-likeness (QED) is 0.868. The van der Waals surface area contributed by atoms with E-state index in [0.29, 0.717) is 12.3 Å². The predicted molar refractivity (Wildman–Crippen MR) is 81.2 cm³/mol. The van der Waals surface area contributed by atoms with Crippen LogP contribution >= 0.6 is 11.8 Å². The molecule has 0 spiro atoms. The molecule has 0 bridgehead atoms. The van der Waals surface area contributed by atoms with Crippen LogP contribution in [0.4, 0.5) is 0 Å². The van der Waals surface area contributed by atoms with E-state index in [2.05, 4.69) is 36.2 Å². The van der Waals surface area contributed by atoms with Crippen molar-refractivity contribution in [2.75, 3.05) is 5.75 Å². The molecule has 0 N–H and O–H groups in total. The maximum Gasteiger partial charge on any atom is 0.234 e. The van der Waals surface area contributed by atoms with Crippen molar-refractivity contribution >= 4 is 17.7 Å². The van der Waals surface area contributed by atoms with Crippen LogP contribution in [0.2, 0.25) is 0 Å². The van der Waals surface area contributed by atoms with Gasteiger partial charge in [-0.05, 0) is 24.1 Å². The Morgan fingerprint density at radius 3 is 2.80 bits per heavy atom. The van der Waals surface area contributed by atoms with E-state index in [9.17, 15) is 4.79 Å². The fourth-order valence-corrected chi connectivity index (χ4v) is 3.51. The molecular formula is C16H16N2OS. The van der Waals surface area contributed by atoms with Crippen molar-refractivity contribution in [1.29, 1.82) is 0 Å². The Balaban J connectivity index is 1.83. The van der Waals surface area contributed by atoms with Gasteiger partial charge in [-0.15, -0.1) is 11.8 Å². The Morgan fingerprint density at radius 2 is 2.10 bits per heavy atom. The summed E-state index contributed by atoms with van der Waals surface area (Å²) in [6.45, 7) is 2.70. The molecule has 1 aliphatic rings. The van der Waals surface area contributed by atoms with Gasteiger partial charge in [0.25, 0.3) is 0 Å². The van der Waals surface area contributed by atoms with Gasteiger partial charge in [0.05, 0.1) is 5.75 Å². The molecule has 2 aromatic rings. The highest BCUT2D eigenvalue weighted by Gasteiger charge is 2.32. The third-order valence-corrected chi connectivity index (χ3v) is 4.66. The van der Waals surface area contributed by atoms with Gasteiger partial charge in [0, 0.05) is 18.9 Å². The number of carbonyl (C=O) groups is 1. The number of hydrogen-bond acceptors (Lipinski definition) is 3. The number of carbonyl (C=O) groups excluding carboxylic acids is 1. The van der Waals surface area contributed by atoms with Gasteiger partial charge in [-0.1, -0.05) is 35.9 Å². The topological polar surface area (TPSA) is 33.2 Å². The average Bonchev–Trinajstić information content (AvgIpc) is 2.83. The van der Waals surface area contributed by atoms with Crippen LogP contribution in [-0.2, 0) is 11.3 Å². The number of amides is 1. The second-order valence-electron chi connectivity index (χ2n) is 4.96. The Labute approximate surface area is 123 Å². The van der Waals surface area contributed by atoms with E-state index in [1.165, 1.54) is 11.1 Å². The lowest BCUT2D eigenvalue weighted by Crippen LogP contribution is -2.27. The minimum Gasteiger partial charge on any atom is -0.321 e. The number of hydrogen-bond donors (Lipinski definition) is 0. The van der Waals surface area contributed by atoms with Crippen LogP contribution in [0.3, 0.4) is 0 Å². The summed E-state index contributed by atoms with van der Waals surface area (Å²) in [5, 5.41) is 0.114. The van der Waals surface area contributed by atoms with Crippen molar-refractivity contribution in [2.45, 2.75) is 18.8 Å². The first-order chi connectivity index (χ1) is 9.74. The zero-order valence-electron chi connectivity index (χ0n) is 11.3. The molecule has 102 valence electrons. The maximum absolute atomic E-state index is 12.1. The summed E-state index contributed by atoms with van der Waals surface area (Å²) in [5.74, 6) is 0.753. The van der Waals surface area contributed by atoms with Gasteiger partial charge in [-0.3, -0.25) is 9.78 Å². The molecule has 1 aromatic heterocycles. The smallest absolute Gasteiger partial charge is 0.234 e. The molecule has 0 saturated carbocycles. The zero-order valence-corrected chi connectivity index (χ0v) is 12.1. The van der Waals surface area contributed by atoms with Crippen LogP contribution in [0.25, 0.3) is 0 Å². The third-order valence-electron chi connectivity index (χ3n) is 3.41. The second-order valence-corrected chi connectivity index (χ2v) is 6.03. The van der Waals surface area contributed by atoms with Gasteiger partial charge < -0.3 is 4.90 Å². The van der Waals surface area contributed by atoms with E-state index in [1.807, 2.05) is 23.2 Å². The minimum absolute atomic E-state index is 0.114. The molecule has 1 aliphatic heterocycles. The van der Waals surface area contributed by atoms with E-state index < -0.39 is 0 Å². The van der Waals surface area contributed by atoms with Crippen LogP contribution in [0, 0.1) is 6.92 Å². The molecule has 0 aliphatic carbocycles. The number of nitrogens with zero attached hydrogens (tertiary/aromatic N) is 2. The number of pyridine rings is 1.